The molecule has 0 aromatic heterocycles. The van der Waals surface area contributed by atoms with Gasteiger partial charge in [0.05, 0.1) is 34.4 Å². The number of fused-ring (bicyclic) bond motifs is 1. The molecule has 3 heterocycles. The molecule has 0 saturated carbocycles. The fourth-order valence-electron chi connectivity index (χ4n) is 8.54. The molecule has 73 heavy (non-hydrogen) atoms. The van der Waals surface area contributed by atoms with Gasteiger partial charge in [0, 0.05) is 10.8 Å². The van der Waals surface area contributed by atoms with Gasteiger partial charge < -0.3 is 47.4 Å². The molecule has 16 heteroatoms. The normalized spacial score (nSPS) is 25.5. The Hall–Kier alpha value is -7.18. The van der Waals surface area contributed by atoms with Gasteiger partial charge in [-0.25, -0.2) is 24.0 Å². The van der Waals surface area contributed by atoms with Crippen LogP contribution in [0.5, 0.6) is 0 Å². The third-order valence-electron chi connectivity index (χ3n) is 12.0. The molecule has 1 unspecified atom stereocenters. The van der Waals surface area contributed by atoms with E-state index in [9.17, 15) is 24.0 Å². The molecule has 0 N–H and O–H groups in total. The van der Waals surface area contributed by atoms with Gasteiger partial charge in [0.1, 0.15) is 36.5 Å². The Morgan fingerprint density at radius 2 is 0.890 bits per heavy atom. The molecule has 3 aliphatic rings. The quantitative estimate of drug-likeness (QED) is 0.0663. The minimum atomic E-state index is -1.78. The highest BCUT2D eigenvalue weighted by Gasteiger charge is 2.59. The van der Waals surface area contributed by atoms with Gasteiger partial charge in [-0.2, -0.15) is 0 Å². The molecule has 3 saturated heterocycles. The lowest BCUT2D eigenvalue weighted by atomic mass is 9.95. The van der Waals surface area contributed by atoms with E-state index in [2.05, 4.69) is 0 Å². The van der Waals surface area contributed by atoms with Crippen LogP contribution >= 0.6 is 11.8 Å². The topological polar surface area (TPSA) is 178 Å². The predicted molar refractivity (Wildman–Crippen MR) is 264 cm³/mol. The zero-order valence-electron chi connectivity index (χ0n) is 39.7. The van der Waals surface area contributed by atoms with Gasteiger partial charge in [-0.3, -0.25) is 0 Å². The van der Waals surface area contributed by atoms with Crippen LogP contribution in [0.3, 0.4) is 0 Å². The van der Waals surface area contributed by atoms with Gasteiger partial charge in [0.2, 0.25) is 0 Å². The Balaban J connectivity index is 1.18. The molecule has 0 aliphatic carbocycles. The first kappa shape index (κ1) is 50.7. The van der Waals surface area contributed by atoms with Crippen molar-refractivity contribution in [1.29, 1.82) is 0 Å². The lowest BCUT2D eigenvalue weighted by Gasteiger charge is -2.51. The van der Waals surface area contributed by atoms with Crippen molar-refractivity contribution in [2.45, 2.75) is 85.9 Å². The third kappa shape index (κ3) is 12.5. The Labute approximate surface area is 425 Å². The van der Waals surface area contributed by atoms with Crippen LogP contribution in [-0.4, -0.2) is 109 Å². The summed E-state index contributed by atoms with van der Waals surface area (Å²) in [7, 11) is 0. The van der Waals surface area contributed by atoms with Crippen molar-refractivity contribution in [3.63, 3.8) is 0 Å². The summed E-state index contributed by atoms with van der Waals surface area (Å²) >= 11 is 1.37. The van der Waals surface area contributed by atoms with Gasteiger partial charge in [0.15, 0.2) is 37.0 Å². The number of thioether (sulfide) groups is 1. The smallest absolute Gasteiger partial charge is 0.338 e. The summed E-state index contributed by atoms with van der Waals surface area (Å²) in [5, 5.41) is -0.0707. The summed E-state index contributed by atoms with van der Waals surface area (Å²) in [5.41, 5.74) is 0.571. The SMILES string of the molecule is CC(C)S[C@@H]1O[C@@H]2COC(c3ccccc3)O[C@H]2[C@H](O[C@@H]2O[C@H](COC(=O)c3ccccc3)[C@@H](OC(=O)c3ccccc3)[C@H](OC(=O)c3ccccc3)[C@H]2OC(=O)c2ccccc2)[C@H]1OC(=O)c1ccccc1. The minimum Gasteiger partial charge on any atom is -0.459 e. The molecule has 0 spiro atoms. The first-order chi connectivity index (χ1) is 35.6. The monoisotopic (exact) mass is 1010 g/mol. The fourth-order valence-corrected chi connectivity index (χ4v) is 9.65. The summed E-state index contributed by atoms with van der Waals surface area (Å²) in [6.07, 6.45) is -13.8. The van der Waals surface area contributed by atoms with Crippen molar-refractivity contribution in [2.24, 2.45) is 0 Å². The average molecular weight is 1010 g/mol. The Morgan fingerprint density at radius 3 is 1.36 bits per heavy atom. The summed E-state index contributed by atoms with van der Waals surface area (Å²) < 4.78 is 65.0. The predicted octanol–water partition coefficient (Wildman–Crippen LogP) is 8.84. The number of esters is 5. The molecule has 3 aliphatic heterocycles. The van der Waals surface area contributed by atoms with E-state index in [0.717, 1.165) is 0 Å². The van der Waals surface area contributed by atoms with Crippen molar-refractivity contribution >= 4 is 41.6 Å². The van der Waals surface area contributed by atoms with Gasteiger partial charge in [-0.1, -0.05) is 135 Å². The first-order valence-corrected chi connectivity index (χ1v) is 24.7. The van der Waals surface area contributed by atoms with Crippen molar-refractivity contribution in [3.05, 3.63) is 215 Å². The Bertz CT molecular complexity index is 2770. The van der Waals surface area contributed by atoms with Crippen LogP contribution in [0.1, 0.15) is 77.5 Å². The van der Waals surface area contributed by atoms with Crippen LogP contribution in [0.2, 0.25) is 0 Å². The molecule has 0 bridgehead atoms. The molecule has 9 rings (SSSR count). The average Bonchev–Trinajstić information content (AvgIpc) is 3.43. The molecule has 11 atom stereocenters. The van der Waals surface area contributed by atoms with Crippen molar-refractivity contribution < 1.29 is 71.3 Å². The number of hydrogen-bond donors (Lipinski definition) is 0. The van der Waals surface area contributed by atoms with Gasteiger partial charge in [0.25, 0.3) is 0 Å². The van der Waals surface area contributed by atoms with Crippen LogP contribution in [0.25, 0.3) is 0 Å². The molecule has 0 radical (unpaired) electrons. The summed E-state index contributed by atoms with van der Waals surface area (Å²) in [6, 6.07) is 50.0. The van der Waals surface area contributed by atoms with Crippen LogP contribution in [0, 0.1) is 0 Å². The number of benzene rings is 6. The second-order valence-electron chi connectivity index (χ2n) is 17.5. The van der Waals surface area contributed by atoms with E-state index in [1.54, 1.807) is 115 Å². The Kier molecular flexibility index (Phi) is 16.7. The van der Waals surface area contributed by atoms with E-state index in [-0.39, 0.29) is 39.7 Å². The number of rotatable bonds is 16. The van der Waals surface area contributed by atoms with Crippen LogP contribution < -0.4 is 0 Å². The van der Waals surface area contributed by atoms with Crippen molar-refractivity contribution in [3.8, 4) is 0 Å². The molecular formula is C57H52O15S. The van der Waals surface area contributed by atoms with Gasteiger partial charge in [-0.05, 0) is 60.7 Å². The molecule has 6 aromatic carbocycles. The maximum Gasteiger partial charge on any atom is 0.338 e. The van der Waals surface area contributed by atoms with Crippen LogP contribution in [0.4, 0.5) is 0 Å². The van der Waals surface area contributed by atoms with E-state index in [1.165, 1.54) is 48.2 Å². The Morgan fingerprint density at radius 1 is 0.479 bits per heavy atom. The highest BCUT2D eigenvalue weighted by atomic mass is 32.2. The summed E-state index contributed by atoms with van der Waals surface area (Å²) in [6.45, 7) is 3.33. The van der Waals surface area contributed by atoms with E-state index in [0.29, 0.717) is 5.56 Å². The molecular weight excluding hydrogens is 957 g/mol. The van der Waals surface area contributed by atoms with Crippen molar-refractivity contribution in [1.82, 2.24) is 0 Å². The van der Waals surface area contributed by atoms with Crippen molar-refractivity contribution in [2.75, 3.05) is 13.2 Å². The van der Waals surface area contributed by atoms with Crippen LogP contribution in [-0.2, 0) is 47.4 Å². The zero-order valence-corrected chi connectivity index (χ0v) is 40.5. The molecule has 376 valence electrons. The minimum absolute atomic E-state index is 0.0173. The lowest BCUT2D eigenvalue weighted by Crippen LogP contribution is -2.67. The standard InChI is InChI=1S/C57H52O15S/c1-35(2)73-57-49(70-54(62)40-29-17-7-18-30-40)47(45-43(66-57)34-64-55(71-45)41-31-19-8-20-32-41)72-56-48(69-53(61)39-27-15-6-16-28-39)46(68-52(60)38-25-13-5-14-26-38)44(67-51(59)37-23-11-4-12-24-37)42(65-56)33-63-50(58)36-21-9-3-10-22-36/h3-32,35,42-49,55-57H,33-34H2,1-2H3/t42-,43-,44-,45-,46+,47+,48-,49-,55?,56+,57+/m1/s1. The highest BCUT2D eigenvalue weighted by Crippen LogP contribution is 2.42. The van der Waals surface area contributed by atoms with E-state index in [1.807, 2.05) is 44.2 Å². The summed E-state index contributed by atoms with van der Waals surface area (Å²) in [5.74, 6) is -4.09. The lowest BCUT2D eigenvalue weighted by molar-refractivity contribution is -0.364. The van der Waals surface area contributed by atoms with Gasteiger partial charge in [-0.15, -0.1) is 11.8 Å². The largest absolute Gasteiger partial charge is 0.459 e. The molecule has 3 fully saturated rings. The zero-order chi connectivity index (χ0) is 50.7. The number of carbonyl (C=O) groups is 5. The molecule has 6 aromatic rings. The van der Waals surface area contributed by atoms with E-state index >= 15 is 0 Å². The second kappa shape index (κ2) is 24.0. The van der Waals surface area contributed by atoms with E-state index in [4.69, 9.17) is 47.4 Å². The molecule has 15 nitrogen and oxygen atoms in total. The van der Waals surface area contributed by atoms with Gasteiger partial charge >= 0.3 is 29.8 Å². The molecule has 0 amide bonds. The maximum absolute atomic E-state index is 14.4. The van der Waals surface area contributed by atoms with Crippen LogP contribution in [0.15, 0.2) is 182 Å². The number of carbonyl (C=O) groups excluding carboxylic acids is 5. The maximum atomic E-state index is 14.4. The first-order valence-electron chi connectivity index (χ1n) is 23.8. The highest BCUT2D eigenvalue weighted by molar-refractivity contribution is 8.00. The fraction of sp³-hybridized carbons (Fsp3) is 0.281. The number of hydrogen-bond acceptors (Lipinski definition) is 16. The summed E-state index contributed by atoms with van der Waals surface area (Å²) in [4.78, 5) is 70.9. The number of ether oxygens (including phenoxy) is 10. The third-order valence-corrected chi connectivity index (χ3v) is 13.2. The van der Waals surface area contributed by atoms with E-state index < -0.39 is 103 Å². The second-order valence-corrected chi connectivity index (χ2v) is 19.1.